The normalized spacial score (nSPS) is 28.6. The minimum Gasteiger partial charge on any atom is -0.479 e. The van der Waals surface area contributed by atoms with Gasteiger partial charge in [0.25, 0.3) is 0 Å². The van der Waals surface area contributed by atoms with Crippen molar-refractivity contribution >= 4 is 71.1 Å². The lowest BCUT2D eigenvalue weighted by molar-refractivity contribution is -0.165. The Labute approximate surface area is 455 Å². The van der Waals surface area contributed by atoms with E-state index in [1.807, 2.05) is 10.6 Å². The van der Waals surface area contributed by atoms with Gasteiger partial charge in [0, 0.05) is 26.2 Å². The number of carboxylic acids is 2. The maximum absolute atomic E-state index is 14.4. The number of carbonyl (C=O) groups excluding carboxylic acids is 9. The molecule has 16 N–H and O–H groups in total. The van der Waals surface area contributed by atoms with Crippen molar-refractivity contribution in [3.8, 4) is 0 Å². The van der Waals surface area contributed by atoms with E-state index in [-0.39, 0.29) is 77.0 Å². The third-order valence-corrected chi connectivity index (χ3v) is 14.3. The number of carbonyl (C=O) groups is 11. The lowest BCUT2D eigenvalue weighted by atomic mass is 10.0. The molecule has 4 fully saturated rings. The largest absolute Gasteiger partial charge is 0.479 e. The van der Waals surface area contributed by atoms with Crippen molar-refractivity contribution in [3.63, 3.8) is 0 Å². The van der Waals surface area contributed by atoms with Crippen LogP contribution < -0.4 is 38.1 Å². The predicted molar refractivity (Wildman–Crippen MR) is 273 cm³/mol. The molecule has 0 aromatic rings. The monoisotopic (exact) mass is 1130 g/mol. The van der Waals surface area contributed by atoms with Crippen molar-refractivity contribution in [2.24, 2.45) is 22.4 Å². The van der Waals surface area contributed by atoms with E-state index in [0.717, 1.165) is 30.6 Å². The topological polar surface area (TPSA) is 473 Å². The second-order valence-corrected chi connectivity index (χ2v) is 20.8. The molecule has 4 saturated heterocycles. The molecule has 13 atom stereocenters. The van der Waals surface area contributed by atoms with Crippen molar-refractivity contribution < 1.29 is 93.2 Å². The Morgan fingerprint density at radius 1 is 0.633 bits per heavy atom. The van der Waals surface area contributed by atoms with Crippen LogP contribution in [0.4, 0.5) is 0 Å². The Morgan fingerprint density at radius 3 is 1.82 bits per heavy atom. The van der Waals surface area contributed by atoms with Gasteiger partial charge in [-0.1, -0.05) is 46.0 Å². The molecule has 8 amide bonds. The first-order valence-electron chi connectivity index (χ1n) is 26.8. The molecule has 0 radical (unpaired) electrons. The molecule has 4 heterocycles. The van der Waals surface area contributed by atoms with Crippen molar-refractivity contribution in [1.82, 2.24) is 41.3 Å². The minimum absolute atomic E-state index is 0.00832. The fraction of sp³-hybridized carbons (Fsp3) is 0.755. The number of cyclic esters (lactones) is 1. The van der Waals surface area contributed by atoms with E-state index in [2.05, 4.69) is 34.8 Å². The lowest BCUT2D eigenvalue weighted by Gasteiger charge is -2.34. The highest BCUT2D eigenvalue weighted by atomic mass is 16.5. The fourth-order valence-corrected chi connectivity index (χ4v) is 10.0. The number of esters is 1. The second-order valence-electron chi connectivity index (χ2n) is 20.8. The smallest absolute Gasteiger partial charge is 0.335 e. The number of carboxylic acid groups (broad SMARTS) is 2. The summed E-state index contributed by atoms with van der Waals surface area (Å²) in [5, 5.41) is 84.7. The molecular weight excluding hydrogens is 1050 g/mol. The van der Waals surface area contributed by atoms with Crippen LogP contribution in [0.5, 0.6) is 0 Å². The molecule has 0 aromatic carbocycles. The average Bonchev–Trinajstić information content (AvgIpc) is 4.23. The molecule has 0 spiro atoms. The number of aliphatic hydroxyl groups excluding tert-OH is 5. The van der Waals surface area contributed by atoms with Crippen LogP contribution in [-0.2, 0) is 57.5 Å². The van der Waals surface area contributed by atoms with Crippen LogP contribution >= 0.6 is 0 Å². The number of hydrogen-bond acceptors (Lipinski definition) is 18. The highest BCUT2D eigenvalue weighted by Gasteiger charge is 2.48. The summed E-state index contributed by atoms with van der Waals surface area (Å²) in [5.74, 6) is -14.6. The molecule has 4 aliphatic rings. The third kappa shape index (κ3) is 18.1. The number of nitrogens with one attached hydrogen (secondary N) is 5. The number of rotatable bonds is 18. The summed E-state index contributed by atoms with van der Waals surface area (Å²) in [7, 11) is 0. The van der Waals surface area contributed by atoms with E-state index in [1.165, 1.54) is 11.8 Å². The van der Waals surface area contributed by atoms with E-state index in [4.69, 9.17) is 16.2 Å². The van der Waals surface area contributed by atoms with Gasteiger partial charge in [0.1, 0.15) is 48.4 Å². The molecule has 0 aliphatic carbocycles. The number of unbranched alkanes of at least 4 members (excludes halogenated alkanes) is 4. The van der Waals surface area contributed by atoms with Gasteiger partial charge < -0.3 is 93.2 Å². The number of amides is 8. The van der Waals surface area contributed by atoms with Gasteiger partial charge in [0.15, 0.2) is 24.2 Å². The van der Waals surface area contributed by atoms with Crippen LogP contribution in [0.25, 0.3) is 0 Å². The van der Waals surface area contributed by atoms with Crippen LogP contribution in [0.1, 0.15) is 117 Å². The standard InChI is InChI=1S/C49H79N11O19/c1-24(2)12-7-5-4-6-8-13-26-22-32(64)55-33(25(3)62)45(73)59-20-11-16-30(59)44(72)58-19-10-15-29(58)40(68)53-27(14-9-18-52-49(50)51)39(67)56-34(37(65)46(74)75)41(69)54-28(23-61)43(71)60-21-17-31(63)36(60)42(70)57-35(48(78)79-26)38(66)47(76)77/h24-31,33-38,61-63,65-66H,4-23H2,1-3H3,(H,53,68)(H,54,69)(H,55,64)(H,56,67)(H,57,70)(H,74,75)(H,76,77)(H4,50,51,52)/t25-,26?,27+,28+,29+,30+,31?,33+,34?,35+,36+,37?,38?/m1/s1. The molecule has 0 saturated carbocycles. The van der Waals surface area contributed by atoms with Crippen molar-refractivity contribution in [2.75, 3.05) is 32.8 Å². The number of aliphatic hydroxyl groups is 5. The maximum atomic E-state index is 14.4. The zero-order valence-electron chi connectivity index (χ0n) is 44.7. The number of fused-ring (bicyclic) bond motifs is 3. The summed E-state index contributed by atoms with van der Waals surface area (Å²) in [6.45, 7) is 3.48. The van der Waals surface area contributed by atoms with Gasteiger partial charge in [0.05, 0.1) is 25.2 Å². The van der Waals surface area contributed by atoms with E-state index in [0.29, 0.717) is 23.7 Å². The predicted octanol–water partition coefficient (Wildman–Crippen LogP) is -5.63. The Bertz CT molecular complexity index is 2230. The van der Waals surface area contributed by atoms with Crippen molar-refractivity contribution in [3.05, 3.63) is 0 Å². The fourth-order valence-electron chi connectivity index (χ4n) is 10.0. The quantitative estimate of drug-likeness (QED) is 0.0263. The van der Waals surface area contributed by atoms with Gasteiger partial charge in [-0.15, -0.1) is 0 Å². The first-order chi connectivity index (χ1) is 37.3. The molecule has 4 aliphatic heterocycles. The highest BCUT2D eigenvalue weighted by molar-refractivity contribution is 6.00. The summed E-state index contributed by atoms with van der Waals surface area (Å²) in [5.41, 5.74) is 10.9. The number of ether oxygens (including phenoxy) is 1. The Kier molecular flexibility index (Phi) is 25.1. The maximum Gasteiger partial charge on any atom is 0.335 e. The molecular formula is C49H79N11O19. The lowest BCUT2D eigenvalue weighted by Crippen LogP contribution is -2.64. The molecule has 79 heavy (non-hydrogen) atoms. The van der Waals surface area contributed by atoms with E-state index in [9.17, 15) is 88.5 Å². The summed E-state index contributed by atoms with van der Waals surface area (Å²) >= 11 is 0. The van der Waals surface area contributed by atoms with Crippen LogP contribution in [0.15, 0.2) is 4.99 Å². The number of nitrogens with two attached hydrogens (primary N) is 2. The van der Waals surface area contributed by atoms with Crippen LogP contribution in [-0.4, -0.2) is 233 Å². The summed E-state index contributed by atoms with van der Waals surface area (Å²) in [6, 6.07) is -14.9. The Hall–Kier alpha value is -6.76. The minimum atomic E-state index is -2.76. The Balaban J connectivity index is 1.80. The first-order valence-corrected chi connectivity index (χ1v) is 26.8. The van der Waals surface area contributed by atoms with E-state index < -0.39 is 164 Å². The molecule has 30 nitrogen and oxygen atoms in total. The van der Waals surface area contributed by atoms with Crippen LogP contribution in [0, 0.1) is 5.92 Å². The molecule has 0 bridgehead atoms. The van der Waals surface area contributed by atoms with Gasteiger partial charge in [-0.25, -0.2) is 14.4 Å². The first kappa shape index (κ1) is 64.8. The number of guanidine groups is 1. The van der Waals surface area contributed by atoms with Crippen LogP contribution in [0.2, 0.25) is 0 Å². The molecule has 30 heteroatoms. The SMILES string of the molecule is CC(C)CCCCCCCC1CC(=O)N[C@@H]([C@@H](C)O)C(=O)N2CCC[C@H]2C(=O)N2CCC[C@H]2C(=O)N[C@@H](CCCN=C(N)N)C(=O)NC(C(O)C(=O)O)C(=O)N[C@@H](CO)C(=O)N2CCC(O)[C@H]2C(=O)N[C@@H](C(O)C(=O)O)C(=O)O1. The number of hydrogen-bond donors (Lipinski definition) is 14. The summed E-state index contributed by atoms with van der Waals surface area (Å²) in [4.78, 5) is 158. The molecule has 5 unspecified atom stereocenters. The summed E-state index contributed by atoms with van der Waals surface area (Å²) in [6.07, 6.45) is -6.58. The number of aliphatic carboxylic acids is 2. The van der Waals surface area contributed by atoms with E-state index in [1.54, 1.807) is 0 Å². The van der Waals surface area contributed by atoms with Crippen molar-refractivity contribution in [2.45, 2.75) is 196 Å². The highest BCUT2D eigenvalue weighted by Crippen LogP contribution is 2.27. The van der Waals surface area contributed by atoms with Gasteiger partial charge in [0.2, 0.25) is 47.3 Å². The zero-order valence-corrected chi connectivity index (χ0v) is 44.7. The number of aliphatic imine (C=N–C) groups is 1. The van der Waals surface area contributed by atoms with Gasteiger partial charge in [-0.05, 0) is 70.6 Å². The zero-order chi connectivity index (χ0) is 58.8. The second kappa shape index (κ2) is 30.6. The third-order valence-electron chi connectivity index (χ3n) is 14.3. The van der Waals surface area contributed by atoms with Crippen molar-refractivity contribution in [1.29, 1.82) is 0 Å². The van der Waals surface area contributed by atoms with E-state index >= 15 is 0 Å². The average molecular weight is 1130 g/mol. The molecule has 4 rings (SSSR count). The Morgan fingerprint density at radius 2 is 1.22 bits per heavy atom. The van der Waals surface area contributed by atoms with Gasteiger partial charge in [-0.3, -0.25) is 43.3 Å². The molecule has 444 valence electrons. The summed E-state index contributed by atoms with van der Waals surface area (Å²) < 4.78 is 5.64. The van der Waals surface area contributed by atoms with Crippen LogP contribution in [0.3, 0.4) is 0 Å². The number of nitrogens with zero attached hydrogens (tertiary/aromatic N) is 4. The molecule has 0 aromatic heterocycles. The van der Waals surface area contributed by atoms with Gasteiger partial charge >= 0.3 is 17.9 Å². The van der Waals surface area contributed by atoms with Gasteiger partial charge in [-0.2, -0.15) is 0 Å².